The van der Waals surface area contributed by atoms with Crippen molar-refractivity contribution in [2.75, 3.05) is 13.2 Å². The standard InChI is InChI=1S/C21H35NO5/c1-5-13-14(8-6-7-11-23)18-15(16-12-17(24)26-19(13)16)9-10-22(18)20(25)27-21(2,3)4/h13-16,18-19,23H,5-12H2,1-4H3/t13-,14-,15-,16-,18-,19+/m1/s1. The number of esters is 1. The van der Waals surface area contributed by atoms with Crippen molar-refractivity contribution in [3.05, 3.63) is 0 Å². The summed E-state index contributed by atoms with van der Waals surface area (Å²) in [7, 11) is 0. The van der Waals surface area contributed by atoms with Gasteiger partial charge in [0.05, 0.1) is 6.42 Å². The van der Waals surface area contributed by atoms with Crippen LogP contribution in [0.1, 0.15) is 66.2 Å². The van der Waals surface area contributed by atoms with Crippen LogP contribution in [0, 0.1) is 23.7 Å². The van der Waals surface area contributed by atoms with Crippen LogP contribution in [0.5, 0.6) is 0 Å². The molecule has 3 rings (SSSR count). The minimum absolute atomic E-state index is 0.0125. The molecular formula is C21H35NO5. The second kappa shape index (κ2) is 7.98. The number of hydrogen-bond acceptors (Lipinski definition) is 5. The first kappa shape index (κ1) is 20.4. The number of carbonyl (C=O) groups excluding carboxylic acids is 2. The van der Waals surface area contributed by atoms with Gasteiger partial charge in [-0.25, -0.2) is 4.79 Å². The molecule has 1 aliphatic carbocycles. The highest BCUT2D eigenvalue weighted by Gasteiger charge is 2.58. The Labute approximate surface area is 162 Å². The maximum absolute atomic E-state index is 12.9. The number of aliphatic hydroxyl groups excluding tert-OH is 1. The molecule has 2 saturated heterocycles. The van der Waals surface area contributed by atoms with Gasteiger partial charge in [-0.2, -0.15) is 0 Å². The molecule has 2 aliphatic heterocycles. The lowest BCUT2D eigenvalue weighted by Crippen LogP contribution is -2.55. The lowest BCUT2D eigenvalue weighted by atomic mass is 9.61. The van der Waals surface area contributed by atoms with Gasteiger partial charge >= 0.3 is 12.1 Å². The summed E-state index contributed by atoms with van der Waals surface area (Å²) in [5.74, 6) is 0.983. The smallest absolute Gasteiger partial charge is 0.410 e. The van der Waals surface area contributed by atoms with Crippen molar-refractivity contribution < 1.29 is 24.2 Å². The van der Waals surface area contributed by atoms with Crippen LogP contribution in [0.3, 0.4) is 0 Å². The Morgan fingerprint density at radius 1 is 1.26 bits per heavy atom. The van der Waals surface area contributed by atoms with Crippen LogP contribution < -0.4 is 0 Å². The average molecular weight is 382 g/mol. The third kappa shape index (κ3) is 4.10. The Hall–Kier alpha value is -1.30. The average Bonchev–Trinajstić information content (AvgIpc) is 3.16. The van der Waals surface area contributed by atoms with E-state index in [2.05, 4.69) is 6.92 Å². The molecule has 1 amide bonds. The van der Waals surface area contributed by atoms with Crippen molar-refractivity contribution >= 4 is 12.1 Å². The highest BCUT2D eigenvalue weighted by Crippen LogP contribution is 2.53. The number of unbranched alkanes of at least 4 members (excludes halogenated alkanes) is 1. The molecule has 0 spiro atoms. The summed E-state index contributed by atoms with van der Waals surface area (Å²) in [6.45, 7) is 8.72. The fraction of sp³-hybridized carbons (Fsp3) is 0.905. The predicted octanol–water partition coefficient (Wildman–Crippen LogP) is 3.36. The molecule has 1 N–H and O–H groups in total. The van der Waals surface area contributed by atoms with E-state index in [1.165, 1.54) is 0 Å². The molecule has 0 aromatic carbocycles. The maximum atomic E-state index is 12.9. The van der Waals surface area contributed by atoms with Crippen molar-refractivity contribution in [2.45, 2.75) is 84.0 Å². The fourth-order valence-electron chi connectivity index (χ4n) is 5.69. The zero-order valence-electron chi connectivity index (χ0n) is 17.1. The van der Waals surface area contributed by atoms with Gasteiger partial charge < -0.3 is 19.5 Å². The molecule has 1 saturated carbocycles. The first-order chi connectivity index (χ1) is 12.8. The Morgan fingerprint density at radius 3 is 2.63 bits per heavy atom. The molecular weight excluding hydrogens is 346 g/mol. The zero-order chi connectivity index (χ0) is 19.8. The minimum Gasteiger partial charge on any atom is -0.462 e. The van der Waals surface area contributed by atoms with E-state index < -0.39 is 5.60 Å². The number of amides is 1. The van der Waals surface area contributed by atoms with Gasteiger partial charge in [0.1, 0.15) is 11.7 Å². The van der Waals surface area contributed by atoms with E-state index in [1.54, 1.807) is 0 Å². The molecule has 6 atom stereocenters. The number of nitrogens with zero attached hydrogens (tertiary/aromatic N) is 1. The molecule has 6 nitrogen and oxygen atoms in total. The second-order valence-corrected chi connectivity index (χ2v) is 9.39. The predicted molar refractivity (Wildman–Crippen MR) is 101 cm³/mol. The molecule has 0 bridgehead atoms. The number of rotatable bonds is 5. The summed E-state index contributed by atoms with van der Waals surface area (Å²) < 4.78 is 11.5. The van der Waals surface area contributed by atoms with Crippen molar-refractivity contribution in [2.24, 2.45) is 23.7 Å². The van der Waals surface area contributed by atoms with E-state index in [9.17, 15) is 14.7 Å². The molecule has 3 fully saturated rings. The van der Waals surface area contributed by atoms with E-state index in [0.717, 1.165) is 32.1 Å². The largest absolute Gasteiger partial charge is 0.462 e. The number of likely N-dealkylation sites (tertiary alicyclic amines) is 1. The Kier molecular flexibility index (Phi) is 6.04. The number of ether oxygens (including phenoxy) is 2. The summed E-state index contributed by atoms with van der Waals surface area (Å²) in [5, 5.41) is 9.21. The topological polar surface area (TPSA) is 76.1 Å². The van der Waals surface area contributed by atoms with Crippen LogP contribution in [0.25, 0.3) is 0 Å². The fourth-order valence-corrected chi connectivity index (χ4v) is 5.69. The van der Waals surface area contributed by atoms with Gasteiger partial charge in [0.25, 0.3) is 0 Å². The Morgan fingerprint density at radius 2 is 2.00 bits per heavy atom. The molecule has 6 heteroatoms. The summed E-state index contributed by atoms with van der Waals surface area (Å²) in [6, 6.07) is 0.110. The Bertz CT molecular complexity index is 557. The lowest BCUT2D eigenvalue weighted by molar-refractivity contribution is -0.147. The summed E-state index contributed by atoms with van der Waals surface area (Å²) >= 11 is 0. The number of hydrogen-bond donors (Lipinski definition) is 1. The molecule has 0 aromatic rings. The summed E-state index contributed by atoms with van der Waals surface area (Å²) in [4.78, 5) is 26.9. The van der Waals surface area contributed by atoms with Crippen molar-refractivity contribution in [1.29, 1.82) is 0 Å². The van der Waals surface area contributed by atoms with Crippen LogP contribution >= 0.6 is 0 Å². The number of fused-ring (bicyclic) bond motifs is 3. The molecule has 0 unspecified atom stereocenters. The minimum atomic E-state index is -0.519. The van der Waals surface area contributed by atoms with Gasteiger partial charge in [-0.3, -0.25) is 4.79 Å². The van der Waals surface area contributed by atoms with Crippen LogP contribution in [0.4, 0.5) is 4.79 Å². The first-order valence-electron chi connectivity index (χ1n) is 10.6. The summed E-state index contributed by atoms with van der Waals surface area (Å²) in [5.41, 5.74) is -0.519. The molecule has 2 heterocycles. The molecule has 3 aliphatic rings. The third-order valence-electron chi connectivity index (χ3n) is 6.60. The normalized spacial score (nSPS) is 35.6. The molecule has 27 heavy (non-hydrogen) atoms. The van der Waals surface area contributed by atoms with Gasteiger partial charge in [0, 0.05) is 31.0 Å². The number of aliphatic hydroxyl groups is 1. The monoisotopic (exact) mass is 381 g/mol. The van der Waals surface area contributed by atoms with E-state index in [0.29, 0.717) is 18.9 Å². The molecule has 154 valence electrons. The van der Waals surface area contributed by atoms with Crippen LogP contribution in [-0.2, 0) is 14.3 Å². The van der Waals surface area contributed by atoms with Gasteiger partial charge in [-0.05, 0) is 58.3 Å². The lowest BCUT2D eigenvalue weighted by Gasteiger charge is -2.48. The van der Waals surface area contributed by atoms with E-state index in [4.69, 9.17) is 9.47 Å². The van der Waals surface area contributed by atoms with Gasteiger partial charge in [0.2, 0.25) is 0 Å². The van der Waals surface area contributed by atoms with Crippen LogP contribution in [0.15, 0.2) is 0 Å². The van der Waals surface area contributed by atoms with Gasteiger partial charge in [0.15, 0.2) is 0 Å². The summed E-state index contributed by atoms with van der Waals surface area (Å²) in [6.07, 6.45) is 4.72. The molecule has 0 aromatic heterocycles. The van der Waals surface area contributed by atoms with Gasteiger partial charge in [-0.1, -0.05) is 13.3 Å². The SMILES string of the molecule is CC[C@@H]1[C@@H](CCCCO)[C@@H]2[C@H](CCN2C(=O)OC(C)(C)C)[C@H]2CC(=O)O[C@@H]12. The van der Waals surface area contributed by atoms with Crippen LogP contribution in [-0.4, -0.2) is 53.0 Å². The highest BCUT2D eigenvalue weighted by molar-refractivity contribution is 5.73. The van der Waals surface area contributed by atoms with Crippen molar-refractivity contribution in [3.63, 3.8) is 0 Å². The quantitative estimate of drug-likeness (QED) is 0.584. The van der Waals surface area contributed by atoms with Crippen molar-refractivity contribution in [3.8, 4) is 0 Å². The molecule has 0 radical (unpaired) electrons. The highest BCUT2D eigenvalue weighted by atomic mass is 16.6. The number of carbonyl (C=O) groups is 2. The van der Waals surface area contributed by atoms with Crippen molar-refractivity contribution in [1.82, 2.24) is 4.90 Å². The van der Waals surface area contributed by atoms with E-state index in [-0.39, 0.29) is 48.6 Å². The third-order valence-corrected chi connectivity index (χ3v) is 6.60. The second-order valence-electron chi connectivity index (χ2n) is 9.39. The zero-order valence-corrected chi connectivity index (χ0v) is 17.1. The Balaban J connectivity index is 1.87. The van der Waals surface area contributed by atoms with E-state index >= 15 is 0 Å². The maximum Gasteiger partial charge on any atom is 0.410 e. The van der Waals surface area contributed by atoms with Crippen LogP contribution in [0.2, 0.25) is 0 Å². The first-order valence-corrected chi connectivity index (χ1v) is 10.6. The van der Waals surface area contributed by atoms with E-state index in [1.807, 2.05) is 25.7 Å². The van der Waals surface area contributed by atoms with Gasteiger partial charge in [-0.15, -0.1) is 0 Å².